The van der Waals surface area contributed by atoms with Crippen LogP contribution in [0.5, 0.6) is 0 Å². The van der Waals surface area contributed by atoms with Crippen molar-refractivity contribution in [2.24, 2.45) is 11.8 Å². The Morgan fingerprint density at radius 3 is 2.75 bits per heavy atom. The zero-order valence-electron chi connectivity index (χ0n) is 11.1. The first-order valence-electron chi connectivity index (χ1n) is 6.86. The third kappa shape index (κ3) is 2.62. The number of fused-ring (bicyclic) bond motifs is 1. The van der Waals surface area contributed by atoms with E-state index in [-0.39, 0.29) is 29.8 Å². The van der Waals surface area contributed by atoms with Gasteiger partial charge in [0.15, 0.2) is 0 Å². The Kier molecular flexibility index (Phi) is 3.84. The Bertz CT molecular complexity index is 438. The smallest absolute Gasteiger partial charge is 0.322 e. The van der Waals surface area contributed by atoms with Crippen LogP contribution in [-0.2, 0) is 9.59 Å². The molecule has 0 radical (unpaired) electrons. The monoisotopic (exact) mass is 298 g/mol. The van der Waals surface area contributed by atoms with Crippen LogP contribution in [0, 0.1) is 11.8 Å². The average Bonchev–Trinajstić information content (AvgIpc) is 2.47. The topological polar surface area (TPSA) is 90.5 Å². The molecule has 110 valence electrons. The van der Waals surface area contributed by atoms with Crippen molar-refractivity contribution in [3.05, 3.63) is 0 Å². The molecule has 7 nitrogen and oxygen atoms in total. The standard InChI is InChI=1S/C12H18N4O3S/c17-10-8-5-7(6-13-9(8)14-12(19)15-10)11(18)16-1-3-20-4-2-16/h7-9,13H,1-6H2,(H2,14,15,17,19). The molecule has 0 spiro atoms. The van der Waals surface area contributed by atoms with Gasteiger partial charge < -0.3 is 10.2 Å². The molecule has 0 bridgehead atoms. The summed E-state index contributed by atoms with van der Waals surface area (Å²) in [5.74, 6) is 1.25. The molecule has 3 aliphatic heterocycles. The van der Waals surface area contributed by atoms with Gasteiger partial charge in [-0.2, -0.15) is 11.8 Å². The molecular formula is C12H18N4O3S. The number of nitrogens with zero attached hydrogens (tertiary/aromatic N) is 1. The molecule has 20 heavy (non-hydrogen) atoms. The van der Waals surface area contributed by atoms with E-state index in [2.05, 4.69) is 16.0 Å². The summed E-state index contributed by atoms with van der Waals surface area (Å²) in [7, 11) is 0. The van der Waals surface area contributed by atoms with Gasteiger partial charge in [0.1, 0.15) is 0 Å². The number of carbonyl (C=O) groups excluding carboxylic acids is 3. The molecule has 0 saturated carbocycles. The van der Waals surface area contributed by atoms with Crippen LogP contribution in [-0.4, -0.2) is 60.1 Å². The number of carbonyl (C=O) groups is 3. The Labute approximate surface area is 121 Å². The SMILES string of the molecule is O=C1NC(=O)C2CC(C(=O)N3CCSCC3)CNC2N1. The minimum atomic E-state index is -0.471. The predicted octanol–water partition coefficient (Wildman–Crippen LogP) is -1.05. The van der Waals surface area contributed by atoms with Crippen LogP contribution < -0.4 is 16.0 Å². The zero-order valence-corrected chi connectivity index (χ0v) is 11.9. The van der Waals surface area contributed by atoms with E-state index >= 15 is 0 Å². The molecule has 8 heteroatoms. The van der Waals surface area contributed by atoms with E-state index in [1.807, 2.05) is 16.7 Å². The zero-order chi connectivity index (χ0) is 14.1. The third-order valence-corrected chi connectivity index (χ3v) is 5.00. The van der Waals surface area contributed by atoms with E-state index in [9.17, 15) is 14.4 Å². The fourth-order valence-electron chi connectivity index (χ4n) is 2.96. The van der Waals surface area contributed by atoms with Gasteiger partial charge >= 0.3 is 6.03 Å². The van der Waals surface area contributed by atoms with Gasteiger partial charge in [-0.3, -0.25) is 20.2 Å². The van der Waals surface area contributed by atoms with Crippen LogP contribution in [0.1, 0.15) is 6.42 Å². The van der Waals surface area contributed by atoms with E-state index in [0.717, 1.165) is 24.6 Å². The average molecular weight is 298 g/mol. The Morgan fingerprint density at radius 2 is 2.00 bits per heavy atom. The van der Waals surface area contributed by atoms with Gasteiger partial charge in [0.05, 0.1) is 18.0 Å². The molecule has 0 aromatic rings. The maximum Gasteiger partial charge on any atom is 0.322 e. The van der Waals surface area contributed by atoms with Crippen molar-refractivity contribution in [3.63, 3.8) is 0 Å². The summed E-state index contributed by atoms with van der Waals surface area (Å²) in [4.78, 5) is 37.4. The summed E-state index contributed by atoms with van der Waals surface area (Å²) in [6.45, 7) is 2.09. The van der Waals surface area contributed by atoms with Gasteiger partial charge in [-0.25, -0.2) is 4.79 Å². The highest BCUT2D eigenvalue weighted by atomic mass is 32.2. The maximum absolute atomic E-state index is 12.5. The molecule has 4 amide bonds. The van der Waals surface area contributed by atoms with Crippen molar-refractivity contribution in [2.75, 3.05) is 31.1 Å². The molecule has 3 fully saturated rings. The summed E-state index contributed by atoms with van der Waals surface area (Å²) in [6, 6.07) is -0.471. The fraction of sp³-hybridized carbons (Fsp3) is 0.750. The molecule has 3 heterocycles. The van der Waals surface area contributed by atoms with Crippen molar-refractivity contribution < 1.29 is 14.4 Å². The summed E-state index contributed by atoms with van der Waals surface area (Å²) in [5.41, 5.74) is 0. The minimum Gasteiger partial charge on any atom is -0.341 e. The highest BCUT2D eigenvalue weighted by Gasteiger charge is 2.42. The lowest BCUT2D eigenvalue weighted by Crippen LogP contribution is -2.67. The van der Waals surface area contributed by atoms with E-state index in [4.69, 9.17) is 0 Å². The Morgan fingerprint density at radius 1 is 1.25 bits per heavy atom. The van der Waals surface area contributed by atoms with Gasteiger partial charge in [0, 0.05) is 31.1 Å². The number of hydrogen-bond acceptors (Lipinski definition) is 5. The Balaban J connectivity index is 1.64. The van der Waals surface area contributed by atoms with E-state index in [0.29, 0.717) is 13.0 Å². The van der Waals surface area contributed by atoms with Gasteiger partial charge in [-0.05, 0) is 6.42 Å². The number of thioether (sulfide) groups is 1. The molecule has 0 aliphatic carbocycles. The van der Waals surface area contributed by atoms with Crippen molar-refractivity contribution in [2.45, 2.75) is 12.6 Å². The number of urea groups is 1. The summed E-state index contributed by atoms with van der Waals surface area (Å²) in [6.07, 6.45) is 0.143. The van der Waals surface area contributed by atoms with E-state index < -0.39 is 6.03 Å². The van der Waals surface area contributed by atoms with Crippen LogP contribution >= 0.6 is 11.8 Å². The maximum atomic E-state index is 12.5. The molecule has 3 aliphatic rings. The highest BCUT2D eigenvalue weighted by Crippen LogP contribution is 2.24. The normalized spacial score (nSPS) is 34.0. The molecule has 0 aromatic carbocycles. The van der Waals surface area contributed by atoms with Crippen molar-refractivity contribution in [1.82, 2.24) is 20.9 Å². The van der Waals surface area contributed by atoms with E-state index in [1.54, 1.807) is 0 Å². The lowest BCUT2D eigenvalue weighted by atomic mass is 9.85. The molecular weight excluding hydrogens is 280 g/mol. The predicted molar refractivity (Wildman–Crippen MR) is 74.0 cm³/mol. The number of rotatable bonds is 1. The molecule has 3 atom stereocenters. The van der Waals surface area contributed by atoms with Crippen LogP contribution in [0.4, 0.5) is 4.79 Å². The van der Waals surface area contributed by atoms with Crippen LogP contribution in [0.25, 0.3) is 0 Å². The number of nitrogens with one attached hydrogen (secondary N) is 3. The largest absolute Gasteiger partial charge is 0.341 e. The van der Waals surface area contributed by atoms with Crippen molar-refractivity contribution in [3.8, 4) is 0 Å². The van der Waals surface area contributed by atoms with Gasteiger partial charge in [0.25, 0.3) is 0 Å². The number of amides is 4. The first-order valence-corrected chi connectivity index (χ1v) is 8.02. The molecule has 3 N–H and O–H groups in total. The summed E-state index contributed by atoms with van der Waals surface area (Å²) < 4.78 is 0. The second kappa shape index (κ2) is 5.61. The van der Waals surface area contributed by atoms with Crippen molar-refractivity contribution >= 4 is 29.6 Å². The lowest BCUT2D eigenvalue weighted by Gasteiger charge is -2.40. The third-order valence-electron chi connectivity index (χ3n) is 4.06. The number of imide groups is 1. The second-order valence-corrected chi connectivity index (χ2v) is 6.55. The van der Waals surface area contributed by atoms with Crippen LogP contribution in [0.2, 0.25) is 0 Å². The van der Waals surface area contributed by atoms with Crippen molar-refractivity contribution in [1.29, 1.82) is 0 Å². The molecule has 3 saturated heterocycles. The number of piperidine rings is 1. The lowest BCUT2D eigenvalue weighted by molar-refractivity contribution is -0.138. The van der Waals surface area contributed by atoms with E-state index in [1.165, 1.54) is 0 Å². The summed E-state index contributed by atoms with van der Waals surface area (Å²) >= 11 is 1.86. The highest BCUT2D eigenvalue weighted by molar-refractivity contribution is 7.99. The number of hydrogen-bond donors (Lipinski definition) is 3. The van der Waals surface area contributed by atoms with Crippen LogP contribution in [0.3, 0.4) is 0 Å². The molecule has 3 rings (SSSR count). The Hall–Kier alpha value is -1.28. The first kappa shape index (κ1) is 13.7. The minimum absolute atomic E-state index is 0.126. The fourth-order valence-corrected chi connectivity index (χ4v) is 3.86. The first-order chi connectivity index (χ1) is 9.65. The van der Waals surface area contributed by atoms with Gasteiger partial charge in [-0.15, -0.1) is 0 Å². The quantitative estimate of drug-likeness (QED) is 0.575. The summed E-state index contributed by atoms with van der Waals surface area (Å²) in [5, 5.41) is 8.04. The molecule has 3 unspecified atom stereocenters. The van der Waals surface area contributed by atoms with Crippen LogP contribution in [0.15, 0.2) is 0 Å². The second-order valence-electron chi connectivity index (χ2n) is 5.33. The van der Waals surface area contributed by atoms with Gasteiger partial charge in [0.2, 0.25) is 11.8 Å². The molecule has 0 aromatic heterocycles. The van der Waals surface area contributed by atoms with Gasteiger partial charge in [-0.1, -0.05) is 0 Å².